The minimum atomic E-state index is 0.152. The maximum absolute atomic E-state index is 8.79. The van der Waals surface area contributed by atoms with Crippen LogP contribution in [0.2, 0.25) is 5.15 Å². The second kappa shape index (κ2) is 4.62. The molecule has 0 unspecified atom stereocenters. The Morgan fingerprint density at radius 2 is 2.25 bits per heavy atom. The third-order valence-corrected chi connectivity index (χ3v) is 3.10. The normalized spacial score (nSPS) is 24.1. The van der Waals surface area contributed by atoms with Gasteiger partial charge in [0.05, 0.1) is 11.8 Å². The molecule has 0 aliphatic heterocycles. The molecule has 2 atom stereocenters. The molecule has 0 radical (unpaired) electrons. The van der Waals surface area contributed by atoms with Gasteiger partial charge >= 0.3 is 0 Å². The van der Waals surface area contributed by atoms with E-state index in [2.05, 4.69) is 26.6 Å². The molecule has 6 heteroatoms. The van der Waals surface area contributed by atoms with Crippen LogP contribution in [0.1, 0.15) is 25.0 Å². The smallest absolute Gasteiger partial charge is 0.243 e. The number of aryl methyl sites for hydroxylation is 1. The van der Waals surface area contributed by atoms with Gasteiger partial charge in [0.25, 0.3) is 0 Å². The fourth-order valence-electron chi connectivity index (χ4n) is 1.86. The molecular formula is C10H12ClN5. The Labute approximate surface area is 98.9 Å². The van der Waals surface area contributed by atoms with E-state index in [0.717, 1.165) is 19.3 Å². The highest BCUT2D eigenvalue weighted by molar-refractivity contribution is 6.29. The van der Waals surface area contributed by atoms with Crippen molar-refractivity contribution in [3.63, 3.8) is 0 Å². The molecule has 1 aliphatic carbocycles. The lowest BCUT2D eigenvalue weighted by molar-refractivity contribution is 0.679. The molecule has 1 saturated carbocycles. The van der Waals surface area contributed by atoms with Crippen LogP contribution in [0.25, 0.3) is 0 Å². The number of hydrogen-bond acceptors (Lipinski definition) is 5. The Morgan fingerprint density at radius 1 is 1.44 bits per heavy atom. The fraction of sp³-hybridized carbons (Fsp3) is 0.600. The van der Waals surface area contributed by atoms with Gasteiger partial charge in [-0.15, -0.1) is 10.2 Å². The first-order valence-corrected chi connectivity index (χ1v) is 5.60. The summed E-state index contributed by atoms with van der Waals surface area (Å²) in [5.41, 5.74) is 0.661. The summed E-state index contributed by atoms with van der Waals surface area (Å²) in [5, 5.41) is 19.9. The lowest BCUT2D eigenvalue weighted by Gasteiger charge is -2.11. The van der Waals surface area contributed by atoms with E-state index in [-0.39, 0.29) is 12.0 Å². The van der Waals surface area contributed by atoms with Crippen LogP contribution in [0.5, 0.6) is 0 Å². The SMILES string of the molecule is Cc1nc(N[C@@H]2CC[C@H](C#N)C2)nnc1Cl. The molecule has 0 aromatic carbocycles. The minimum Gasteiger partial charge on any atom is -0.350 e. The lowest BCUT2D eigenvalue weighted by atomic mass is 10.1. The van der Waals surface area contributed by atoms with Crippen molar-refractivity contribution in [1.82, 2.24) is 15.2 Å². The quantitative estimate of drug-likeness (QED) is 0.851. The van der Waals surface area contributed by atoms with Crippen LogP contribution >= 0.6 is 11.6 Å². The zero-order chi connectivity index (χ0) is 11.5. The summed E-state index contributed by atoms with van der Waals surface area (Å²) in [6, 6.07) is 2.55. The first kappa shape index (κ1) is 11.1. The summed E-state index contributed by atoms with van der Waals surface area (Å²) in [4.78, 5) is 4.19. The molecular weight excluding hydrogens is 226 g/mol. The Bertz CT molecular complexity index is 428. The van der Waals surface area contributed by atoms with Gasteiger partial charge < -0.3 is 5.32 Å². The maximum atomic E-state index is 8.79. The van der Waals surface area contributed by atoms with E-state index in [1.165, 1.54) is 0 Å². The van der Waals surface area contributed by atoms with E-state index in [4.69, 9.17) is 16.9 Å². The summed E-state index contributed by atoms with van der Waals surface area (Å²) in [6.45, 7) is 1.79. The highest BCUT2D eigenvalue weighted by atomic mass is 35.5. The van der Waals surface area contributed by atoms with Crippen molar-refractivity contribution >= 4 is 17.5 Å². The van der Waals surface area contributed by atoms with Gasteiger partial charge in [-0.05, 0) is 26.2 Å². The van der Waals surface area contributed by atoms with Crippen LogP contribution in [-0.2, 0) is 0 Å². The molecule has 1 aromatic heterocycles. The highest BCUT2D eigenvalue weighted by Crippen LogP contribution is 2.26. The van der Waals surface area contributed by atoms with Crippen molar-refractivity contribution in [3.05, 3.63) is 10.8 Å². The number of rotatable bonds is 2. The predicted molar refractivity (Wildman–Crippen MR) is 59.9 cm³/mol. The van der Waals surface area contributed by atoms with Crippen LogP contribution in [0.3, 0.4) is 0 Å². The molecule has 1 N–H and O–H groups in total. The van der Waals surface area contributed by atoms with Gasteiger partial charge in [-0.25, -0.2) is 4.98 Å². The Kier molecular flexibility index (Phi) is 3.20. The second-order valence-corrected chi connectivity index (χ2v) is 4.35. The average molecular weight is 238 g/mol. The van der Waals surface area contributed by atoms with Gasteiger partial charge in [0, 0.05) is 12.0 Å². The van der Waals surface area contributed by atoms with Crippen LogP contribution in [-0.4, -0.2) is 21.2 Å². The van der Waals surface area contributed by atoms with E-state index < -0.39 is 0 Å². The third kappa shape index (κ3) is 2.39. The maximum Gasteiger partial charge on any atom is 0.243 e. The minimum absolute atomic E-state index is 0.152. The van der Waals surface area contributed by atoms with E-state index in [1.807, 2.05) is 0 Å². The molecule has 1 aliphatic rings. The Morgan fingerprint density at radius 3 is 2.88 bits per heavy atom. The van der Waals surface area contributed by atoms with Crippen LogP contribution in [0, 0.1) is 24.2 Å². The van der Waals surface area contributed by atoms with Crippen molar-refractivity contribution in [2.45, 2.75) is 32.2 Å². The zero-order valence-corrected chi connectivity index (χ0v) is 9.70. The van der Waals surface area contributed by atoms with E-state index in [1.54, 1.807) is 6.92 Å². The van der Waals surface area contributed by atoms with Crippen LogP contribution in [0.15, 0.2) is 0 Å². The summed E-state index contributed by atoms with van der Waals surface area (Å²) in [5.74, 6) is 0.643. The first-order chi connectivity index (χ1) is 7.69. The average Bonchev–Trinajstić information content (AvgIpc) is 2.71. The largest absolute Gasteiger partial charge is 0.350 e. The van der Waals surface area contributed by atoms with Crippen molar-refractivity contribution in [2.24, 2.45) is 5.92 Å². The number of hydrogen-bond donors (Lipinski definition) is 1. The Balaban J connectivity index is 2.00. The molecule has 0 spiro atoms. The van der Waals surface area contributed by atoms with Gasteiger partial charge in [0.2, 0.25) is 5.95 Å². The van der Waals surface area contributed by atoms with Crippen LogP contribution < -0.4 is 5.32 Å². The third-order valence-electron chi connectivity index (χ3n) is 2.75. The number of nitrogens with one attached hydrogen (secondary N) is 1. The predicted octanol–water partition coefficient (Wildman–Crippen LogP) is 1.94. The topological polar surface area (TPSA) is 74.5 Å². The van der Waals surface area contributed by atoms with Crippen molar-refractivity contribution in [1.29, 1.82) is 5.26 Å². The Hall–Kier alpha value is -1.41. The molecule has 1 heterocycles. The summed E-state index contributed by atoms with van der Waals surface area (Å²) in [6.07, 6.45) is 2.76. The number of nitrogens with zero attached hydrogens (tertiary/aromatic N) is 4. The number of aromatic nitrogens is 3. The van der Waals surface area contributed by atoms with E-state index in [0.29, 0.717) is 16.8 Å². The first-order valence-electron chi connectivity index (χ1n) is 5.22. The van der Waals surface area contributed by atoms with Gasteiger partial charge in [-0.3, -0.25) is 0 Å². The summed E-state index contributed by atoms with van der Waals surface area (Å²) in [7, 11) is 0. The van der Waals surface area contributed by atoms with Gasteiger partial charge in [0.1, 0.15) is 0 Å². The molecule has 1 aromatic rings. The molecule has 84 valence electrons. The molecule has 5 nitrogen and oxygen atoms in total. The second-order valence-electron chi connectivity index (χ2n) is 3.99. The number of nitriles is 1. The molecule has 2 rings (SSSR count). The van der Waals surface area contributed by atoms with E-state index >= 15 is 0 Å². The molecule has 16 heavy (non-hydrogen) atoms. The fourth-order valence-corrected chi connectivity index (χ4v) is 1.94. The van der Waals surface area contributed by atoms with Gasteiger partial charge in [-0.2, -0.15) is 5.26 Å². The summed E-state index contributed by atoms with van der Waals surface area (Å²) >= 11 is 5.74. The van der Waals surface area contributed by atoms with E-state index in [9.17, 15) is 0 Å². The van der Waals surface area contributed by atoms with Gasteiger partial charge in [-0.1, -0.05) is 11.6 Å². The van der Waals surface area contributed by atoms with Crippen molar-refractivity contribution in [2.75, 3.05) is 5.32 Å². The van der Waals surface area contributed by atoms with Gasteiger partial charge in [0.15, 0.2) is 5.15 Å². The number of halogens is 1. The summed E-state index contributed by atoms with van der Waals surface area (Å²) < 4.78 is 0. The number of anilines is 1. The zero-order valence-electron chi connectivity index (χ0n) is 8.94. The standard InChI is InChI=1S/C10H12ClN5/c1-6-9(11)15-16-10(13-6)14-8-3-2-7(4-8)5-12/h7-8H,2-4H2,1H3,(H,13,14,16)/t7-,8+/m0/s1. The molecule has 0 amide bonds. The van der Waals surface area contributed by atoms with Crippen molar-refractivity contribution < 1.29 is 0 Å². The molecule has 0 bridgehead atoms. The molecule has 0 saturated heterocycles. The van der Waals surface area contributed by atoms with Crippen LogP contribution in [0.4, 0.5) is 5.95 Å². The highest BCUT2D eigenvalue weighted by Gasteiger charge is 2.24. The monoisotopic (exact) mass is 237 g/mol. The lowest BCUT2D eigenvalue weighted by Crippen LogP contribution is -2.18. The van der Waals surface area contributed by atoms with Crippen molar-refractivity contribution in [3.8, 4) is 6.07 Å². The molecule has 1 fully saturated rings.